The van der Waals surface area contributed by atoms with Gasteiger partial charge in [0.2, 0.25) is 0 Å². The van der Waals surface area contributed by atoms with Gasteiger partial charge in [-0.2, -0.15) is 0 Å². The number of carboxylic acid groups (broad SMARTS) is 1. The van der Waals surface area contributed by atoms with Crippen LogP contribution in [0.5, 0.6) is 0 Å². The number of carboxylic acids is 1. The molecule has 5 heteroatoms. The molecular formula is C32H46N2O3. The van der Waals surface area contributed by atoms with E-state index in [-0.39, 0.29) is 16.6 Å². The van der Waals surface area contributed by atoms with Crippen molar-refractivity contribution in [3.8, 4) is 11.1 Å². The average molecular weight is 507 g/mol. The number of carbonyl (C=O) groups excluding carboxylic acids is 1. The van der Waals surface area contributed by atoms with Crippen molar-refractivity contribution in [1.29, 1.82) is 0 Å². The summed E-state index contributed by atoms with van der Waals surface area (Å²) in [7, 11) is 8.30. The predicted molar refractivity (Wildman–Crippen MR) is 153 cm³/mol. The summed E-state index contributed by atoms with van der Waals surface area (Å²) in [6.07, 6.45) is 5.28. The van der Waals surface area contributed by atoms with Gasteiger partial charge >= 0.3 is 5.97 Å². The Kier molecular flexibility index (Phi) is 9.02. The average Bonchev–Trinajstić information content (AvgIpc) is 3.04. The number of hydrogen-bond acceptors (Lipinski definition) is 4. The Morgan fingerprint density at radius 3 is 1.84 bits per heavy atom. The molecule has 1 aliphatic rings. The van der Waals surface area contributed by atoms with E-state index < -0.39 is 5.97 Å². The van der Waals surface area contributed by atoms with Crippen molar-refractivity contribution >= 4 is 11.8 Å². The molecule has 37 heavy (non-hydrogen) atoms. The Bertz CT molecular complexity index is 1140. The molecule has 0 amide bonds. The predicted octanol–water partition coefficient (Wildman–Crippen LogP) is 6.42. The minimum Gasteiger partial charge on any atom is -0.478 e. The molecule has 5 nitrogen and oxygen atoms in total. The van der Waals surface area contributed by atoms with Crippen LogP contribution in [0.15, 0.2) is 30.3 Å². The van der Waals surface area contributed by atoms with Gasteiger partial charge in [0, 0.05) is 11.1 Å². The van der Waals surface area contributed by atoms with Gasteiger partial charge in [-0.15, -0.1) is 0 Å². The molecule has 0 spiro atoms. The van der Waals surface area contributed by atoms with E-state index >= 15 is 0 Å². The van der Waals surface area contributed by atoms with Crippen LogP contribution in [-0.4, -0.2) is 67.9 Å². The standard InChI is InChI=1S/C32H46N2O3/c1-31(2,15-11-17-33(5)6)20-22-19-25-23-13-9-10-14-24(23)29(35)28(25)26(27(22)30(36)37)21-32(3,4)16-12-18-34(7)8/h9-10,13-14,19H,11-12,15-18,20-21H2,1-8H3,(H,36,37). The summed E-state index contributed by atoms with van der Waals surface area (Å²) >= 11 is 0. The maximum absolute atomic E-state index is 13.7. The van der Waals surface area contributed by atoms with Crippen LogP contribution in [0, 0.1) is 10.8 Å². The Balaban J connectivity index is 2.11. The van der Waals surface area contributed by atoms with Gasteiger partial charge in [-0.1, -0.05) is 52.0 Å². The van der Waals surface area contributed by atoms with Gasteiger partial charge in [0.05, 0.1) is 5.56 Å². The molecule has 2 aromatic carbocycles. The normalized spacial score (nSPS) is 13.4. The fourth-order valence-electron chi connectivity index (χ4n) is 5.82. The van der Waals surface area contributed by atoms with Gasteiger partial charge in [0.15, 0.2) is 5.78 Å². The SMILES string of the molecule is CN(C)CCCC(C)(C)Cc1cc2c(c(CC(C)(C)CCCN(C)C)c1C(=O)O)C(=O)c1ccccc1-2. The van der Waals surface area contributed by atoms with Crippen molar-refractivity contribution in [2.45, 2.75) is 66.2 Å². The summed E-state index contributed by atoms with van der Waals surface area (Å²) in [5.41, 5.74) is 4.85. The smallest absolute Gasteiger partial charge is 0.336 e. The number of nitrogens with zero attached hydrogens (tertiary/aromatic N) is 2. The highest BCUT2D eigenvalue weighted by molar-refractivity contribution is 6.23. The minimum atomic E-state index is -0.926. The van der Waals surface area contributed by atoms with Gasteiger partial charge in [0.1, 0.15) is 0 Å². The second kappa shape index (κ2) is 11.5. The van der Waals surface area contributed by atoms with Crippen molar-refractivity contribution in [2.75, 3.05) is 41.3 Å². The van der Waals surface area contributed by atoms with E-state index in [1.165, 1.54) is 0 Å². The number of benzene rings is 2. The molecule has 0 unspecified atom stereocenters. The minimum absolute atomic E-state index is 0.0380. The van der Waals surface area contributed by atoms with Crippen LogP contribution in [0.25, 0.3) is 11.1 Å². The number of ketones is 1. The number of carbonyl (C=O) groups is 2. The lowest BCUT2D eigenvalue weighted by Crippen LogP contribution is -2.24. The first-order valence-corrected chi connectivity index (χ1v) is 13.6. The van der Waals surface area contributed by atoms with Gasteiger partial charge in [-0.05, 0) is 119 Å². The molecule has 0 bridgehead atoms. The third-order valence-corrected chi connectivity index (χ3v) is 7.66. The molecule has 0 radical (unpaired) electrons. The number of fused-ring (bicyclic) bond motifs is 3. The lowest BCUT2D eigenvalue weighted by molar-refractivity contribution is 0.0693. The summed E-state index contributed by atoms with van der Waals surface area (Å²) in [5.74, 6) is -0.964. The summed E-state index contributed by atoms with van der Waals surface area (Å²) < 4.78 is 0. The van der Waals surface area contributed by atoms with E-state index in [4.69, 9.17) is 0 Å². The zero-order valence-corrected chi connectivity index (χ0v) is 24.2. The summed E-state index contributed by atoms with van der Waals surface area (Å²) in [5, 5.41) is 10.5. The first kappa shape index (κ1) is 29.1. The van der Waals surface area contributed by atoms with Crippen LogP contribution >= 0.6 is 0 Å². The van der Waals surface area contributed by atoms with E-state index in [1.807, 2.05) is 30.3 Å². The van der Waals surface area contributed by atoms with Crippen molar-refractivity contribution < 1.29 is 14.7 Å². The van der Waals surface area contributed by atoms with Crippen molar-refractivity contribution in [2.24, 2.45) is 10.8 Å². The summed E-state index contributed by atoms with van der Waals surface area (Å²) in [4.78, 5) is 30.9. The largest absolute Gasteiger partial charge is 0.478 e. The number of aromatic carboxylic acids is 1. The zero-order chi connectivity index (χ0) is 27.5. The molecule has 0 heterocycles. The zero-order valence-electron chi connectivity index (χ0n) is 24.2. The van der Waals surface area contributed by atoms with E-state index in [0.717, 1.165) is 61.0 Å². The van der Waals surface area contributed by atoms with Crippen molar-refractivity contribution in [3.05, 3.63) is 58.1 Å². The van der Waals surface area contributed by atoms with Crippen molar-refractivity contribution in [3.63, 3.8) is 0 Å². The van der Waals surface area contributed by atoms with Crippen LogP contribution in [0.1, 0.15) is 90.8 Å². The van der Waals surface area contributed by atoms with Crippen LogP contribution < -0.4 is 0 Å². The molecule has 202 valence electrons. The van der Waals surface area contributed by atoms with Crippen LogP contribution in [-0.2, 0) is 12.8 Å². The monoisotopic (exact) mass is 506 g/mol. The van der Waals surface area contributed by atoms with E-state index in [1.54, 1.807) is 0 Å². The third kappa shape index (κ3) is 7.08. The van der Waals surface area contributed by atoms with E-state index in [2.05, 4.69) is 65.7 Å². The van der Waals surface area contributed by atoms with Crippen LogP contribution in [0.2, 0.25) is 0 Å². The van der Waals surface area contributed by atoms with Crippen LogP contribution in [0.3, 0.4) is 0 Å². The molecule has 0 aliphatic heterocycles. The van der Waals surface area contributed by atoms with Crippen molar-refractivity contribution in [1.82, 2.24) is 9.80 Å². The molecule has 3 rings (SSSR count). The highest BCUT2D eigenvalue weighted by Gasteiger charge is 2.36. The summed E-state index contributed by atoms with van der Waals surface area (Å²) in [6, 6.07) is 9.73. The third-order valence-electron chi connectivity index (χ3n) is 7.66. The topological polar surface area (TPSA) is 60.9 Å². The highest BCUT2D eigenvalue weighted by atomic mass is 16.4. The molecule has 0 aromatic heterocycles. The number of hydrogen-bond donors (Lipinski definition) is 1. The maximum atomic E-state index is 13.7. The molecule has 0 atom stereocenters. The Morgan fingerprint density at radius 2 is 1.32 bits per heavy atom. The van der Waals surface area contributed by atoms with Crippen LogP contribution in [0.4, 0.5) is 0 Å². The summed E-state index contributed by atoms with van der Waals surface area (Å²) in [6.45, 7) is 10.8. The highest BCUT2D eigenvalue weighted by Crippen LogP contribution is 2.44. The first-order valence-electron chi connectivity index (χ1n) is 13.6. The maximum Gasteiger partial charge on any atom is 0.336 e. The first-order chi connectivity index (χ1) is 17.2. The fourth-order valence-corrected chi connectivity index (χ4v) is 5.82. The second-order valence-corrected chi connectivity index (χ2v) is 13.0. The molecule has 2 aromatic rings. The molecule has 1 N–H and O–H groups in total. The lowest BCUT2D eigenvalue weighted by Gasteiger charge is -2.30. The second-order valence-electron chi connectivity index (χ2n) is 13.0. The molecular weight excluding hydrogens is 460 g/mol. The Morgan fingerprint density at radius 1 is 0.811 bits per heavy atom. The lowest BCUT2D eigenvalue weighted by atomic mass is 9.74. The van der Waals surface area contributed by atoms with E-state index in [9.17, 15) is 14.7 Å². The fraction of sp³-hybridized carbons (Fsp3) is 0.562. The molecule has 0 fully saturated rings. The van der Waals surface area contributed by atoms with Gasteiger partial charge in [-0.3, -0.25) is 4.79 Å². The number of rotatable bonds is 13. The quantitative estimate of drug-likeness (QED) is 0.290. The Hall–Kier alpha value is -2.50. The molecule has 0 saturated carbocycles. The van der Waals surface area contributed by atoms with Gasteiger partial charge in [-0.25, -0.2) is 4.79 Å². The van der Waals surface area contributed by atoms with E-state index in [0.29, 0.717) is 29.5 Å². The van der Waals surface area contributed by atoms with Gasteiger partial charge in [0.25, 0.3) is 0 Å². The Labute approximate surface area is 223 Å². The molecule has 1 aliphatic carbocycles. The van der Waals surface area contributed by atoms with Gasteiger partial charge < -0.3 is 14.9 Å². The molecule has 0 saturated heterocycles.